The van der Waals surface area contributed by atoms with E-state index in [-0.39, 0.29) is 24.2 Å². The minimum Gasteiger partial charge on any atom is -0.299 e. The normalized spacial score (nSPS) is 24.0. The van der Waals surface area contributed by atoms with Crippen molar-refractivity contribution in [2.45, 2.75) is 46.6 Å². The van der Waals surface area contributed by atoms with Gasteiger partial charge in [-0.05, 0) is 43.4 Å². The highest BCUT2D eigenvalue weighted by molar-refractivity contribution is 6.04. The van der Waals surface area contributed by atoms with E-state index in [1.54, 1.807) is 12.2 Å². The van der Waals surface area contributed by atoms with Gasteiger partial charge in [-0.3, -0.25) is 24.6 Å². The summed E-state index contributed by atoms with van der Waals surface area (Å²) in [6.45, 7) is 15.5. The second-order valence-electron chi connectivity index (χ2n) is 7.24. The van der Waals surface area contributed by atoms with E-state index in [0.29, 0.717) is 12.1 Å². The van der Waals surface area contributed by atoms with Crippen LogP contribution in [0.15, 0.2) is 48.2 Å². The highest BCUT2D eigenvalue weighted by atomic mass is 16.2. The first-order valence-electron chi connectivity index (χ1n) is 8.54. The molecule has 0 saturated carbocycles. The summed E-state index contributed by atoms with van der Waals surface area (Å²) in [6.07, 6.45) is 5.79. The third kappa shape index (κ3) is 3.11. The average Bonchev–Trinajstić information content (AvgIpc) is 2.72. The lowest BCUT2D eigenvalue weighted by atomic mass is 9.77. The summed E-state index contributed by atoms with van der Waals surface area (Å²) in [4.78, 5) is 38.5. The quantitative estimate of drug-likeness (QED) is 0.617. The Kier molecular flexibility index (Phi) is 5.16. The van der Waals surface area contributed by atoms with Crippen LogP contribution in [0.25, 0.3) is 0 Å². The highest BCUT2D eigenvalue weighted by Gasteiger charge is 2.50. The molecule has 1 fully saturated rings. The number of hydrogen-bond acceptors (Lipinski definition) is 3. The first-order valence-corrected chi connectivity index (χ1v) is 8.54. The summed E-state index contributed by atoms with van der Waals surface area (Å²) in [7, 11) is 0. The van der Waals surface area contributed by atoms with Gasteiger partial charge in [0, 0.05) is 12.1 Å². The van der Waals surface area contributed by atoms with Gasteiger partial charge in [0.15, 0.2) is 0 Å². The Morgan fingerprint density at radius 3 is 2.40 bits per heavy atom. The molecule has 0 aromatic heterocycles. The number of hydrogen-bond donors (Lipinski definition) is 1. The molecule has 134 valence electrons. The molecule has 0 bridgehead atoms. The molecule has 0 aromatic rings. The van der Waals surface area contributed by atoms with Crippen molar-refractivity contribution in [2.24, 2.45) is 11.3 Å². The molecular weight excluding hydrogens is 316 g/mol. The van der Waals surface area contributed by atoms with Gasteiger partial charge in [-0.2, -0.15) is 0 Å². The molecular formula is C20H26N2O3. The molecule has 2 heterocycles. The van der Waals surface area contributed by atoms with Gasteiger partial charge in [-0.25, -0.2) is 0 Å². The van der Waals surface area contributed by atoms with Gasteiger partial charge in [0.1, 0.15) is 6.04 Å². The van der Waals surface area contributed by atoms with E-state index >= 15 is 0 Å². The van der Waals surface area contributed by atoms with Crippen molar-refractivity contribution < 1.29 is 14.4 Å². The summed E-state index contributed by atoms with van der Waals surface area (Å²) in [5, 5.41) is 2.33. The van der Waals surface area contributed by atoms with Crippen molar-refractivity contribution in [1.82, 2.24) is 10.2 Å². The van der Waals surface area contributed by atoms with Crippen LogP contribution >= 0.6 is 0 Å². The molecule has 1 atom stereocenters. The fourth-order valence-corrected chi connectivity index (χ4v) is 3.60. The van der Waals surface area contributed by atoms with Gasteiger partial charge >= 0.3 is 0 Å². The standard InChI is InChI=1S/C20H26N2O3/c1-7-9-13(12(3)4)17-14(8-2)22(19(25)20(17,5)6)15-10-11-16(23)21-18(15)24/h7-9,12,15H,1-2,10-11H2,3-6H3,(H,21,23,24)/b13-9-. The Morgan fingerprint density at radius 1 is 1.28 bits per heavy atom. The molecule has 2 aliphatic rings. The molecule has 1 N–H and O–H groups in total. The summed E-state index contributed by atoms with van der Waals surface area (Å²) in [6, 6.07) is -0.688. The Bertz CT molecular complexity index is 710. The van der Waals surface area contributed by atoms with Gasteiger partial charge < -0.3 is 0 Å². The van der Waals surface area contributed by atoms with Crippen LogP contribution in [0, 0.1) is 11.3 Å². The van der Waals surface area contributed by atoms with E-state index in [2.05, 4.69) is 32.3 Å². The first kappa shape index (κ1) is 18.9. The maximum Gasteiger partial charge on any atom is 0.249 e. The van der Waals surface area contributed by atoms with Crippen LogP contribution in [0.5, 0.6) is 0 Å². The molecule has 0 spiro atoms. The maximum absolute atomic E-state index is 13.2. The summed E-state index contributed by atoms with van der Waals surface area (Å²) in [5.74, 6) is -0.704. The molecule has 5 heteroatoms. The third-order valence-electron chi connectivity index (χ3n) is 4.82. The lowest BCUT2D eigenvalue weighted by Crippen LogP contribution is -2.53. The summed E-state index contributed by atoms with van der Waals surface area (Å²) in [5.41, 5.74) is 1.72. The van der Waals surface area contributed by atoms with E-state index in [1.165, 1.54) is 4.90 Å². The van der Waals surface area contributed by atoms with Gasteiger partial charge in [-0.15, -0.1) is 0 Å². The average molecular weight is 342 g/mol. The number of nitrogens with one attached hydrogen (secondary N) is 1. The van der Waals surface area contributed by atoms with Gasteiger partial charge in [-0.1, -0.05) is 39.2 Å². The number of carbonyl (C=O) groups is 3. The second kappa shape index (κ2) is 6.82. The molecule has 0 radical (unpaired) electrons. The number of amides is 3. The number of imide groups is 1. The van der Waals surface area contributed by atoms with Crippen LogP contribution in [0.2, 0.25) is 0 Å². The summed E-state index contributed by atoms with van der Waals surface area (Å²) < 4.78 is 0. The number of rotatable bonds is 5. The predicted octanol–water partition coefficient (Wildman–Crippen LogP) is 2.87. The van der Waals surface area contributed by atoms with E-state index < -0.39 is 17.4 Å². The van der Waals surface area contributed by atoms with Crippen LogP contribution in [0.4, 0.5) is 0 Å². The van der Waals surface area contributed by atoms with Crippen molar-refractivity contribution in [3.63, 3.8) is 0 Å². The minimum atomic E-state index is -0.787. The van der Waals surface area contributed by atoms with E-state index in [9.17, 15) is 14.4 Å². The van der Waals surface area contributed by atoms with Crippen LogP contribution in [0.1, 0.15) is 40.5 Å². The van der Waals surface area contributed by atoms with Crippen molar-refractivity contribution in [3.05, 3.63) is 48.2 Å². The predicted molar refractivity (Wildman–Crippen MR) is 97.1 cm³/mol. The zero-order valence-electron chi connectivity index (χ0n) is 15.4. The fourth-order valence-electron chi connectivity index (χ4n) is 3.60. The molecule has 2 aliphatic heterocycles. The van der Waals surface area contributed by atoms with E-state index in [1.807, 2.05) is 19.9 Å². The Morgan fingerprint density at radius 2 is 1.92 bits per heavy atom. The molecule has 25 heavy (non-hydrogen) atoms. The number of piperidine rings is 1. The first-order chi connectivity index (χ1) is 11.7. The SMILES string of the molecule is C=C/C=C(\C1=C(C=C)N(C2CCC(=O)NC2=O)C(=O)C1(C)C)C(C)C. The zero-order valence-corrected chi connectivity index (χ0v) is 15.4. The lowest BCUT2D eigenvalue weighted by molar-refractivity contribution is -0.145. The molecule has 1 unspecified atom stereocenters. The third-order valence-corrected chi connectivity index (χ3v) is 4.82. The lowest BCUT2D eigenvalue weighted by Gasteiger charge is -2.32. The van der Waals surface area contributed by atoms with Crippen molar-refractivity contribution in [2.75, 3.05) is 0 Å². The van der Waals surface area contributed by atoms with Crippen molar-refractivity contribution in [3.8, 4) is 0 Å². The molecule has 3 amide bonds. The topological polar surface area (TPSA) is 66.5 Å². The van der Waals surface area contributed by atoms with Crippen LogP contribution in [-0.2, 0) is 14.4 Å². The zero-order chi connectivity index (χ0) is 18.9. The Labute approximate surface area is 149 Å². The largest absolute Gasteiger partial charge is 0.299 e. The number of allylic oxidation sites excluding steroid dienone is 4. The van der Waals surface area contributed by atoms with Crippen LogP contribution in [0.3, 0.4) is 0 Å². The van der Waals surface area contributed by atoms with Crippen molar-refractivity contribution in [1.29, 1.82) is 0 Å². The fraction of sp³-hybridized carbons (Fsp3) is 0.450. The minimum absolute atomic E-state index is 0.150. The van der Waals surface area contributed by atoms with Crippen LogP contribution < -0.4 is 5.32 Å². The van der Waals surface area contributed by atoms with Gasteiger partial charge in [0.05, 0.1) is 5.41 Å². The molecule has 1 saturated heterocycles. The smallest absolute Gasteiger partial charge is 0.249 e. The van der Waals surface area contributed by atoms with Gasteiger partial charge in [0.2, 0.25) is 17.7 Å². The molecule has 0 aliphatic carbocycles. The molecule has 0 aromatic carbocycles. The monoisotopic (exact) mass is 342 g/mol. The van der Waals surface area contributed by atoms with E-state index in [0.717, 1.165) is 11.1 Å². The second-order valence-corrected chi connectivity index (χ2v) is 7.24. The molecule has 2 rings (SSSR count). The number of carbonyl (C=O) groups excluding carboxylic acids is 3. The Hall–Kier alpha value is -2.43. The Balaban J connectivity index is 2.62. The number of nitrogens with zero attached hydrogens (tertiary/aromatic N) is 1. The molecule has 5 nitrogen and oxygen atoms in total. The maximum atomic E-state index is 13.2. The van der Waals surface area contributed by atoms with Crippen LogP contribution in [-0.4, -0.2) is 28.7 Å². The van der Waals surface area contributed by atoms with Gasteiger partial charge in [0.25, 0.3) is 0 Å². The van der Waals surface area contributed by atoms with E-state index in [4.69, 9.17) is 0 Å². The summed E-state index contributed by atoms with van der Waals surface area (Å²) >= 11 is 0. The van der Waals surface area contributed by atoms with Crippen molar-refractivity contribution >= 4 is 17.7 Å². The highest BCUT2D eigenvalue weighted by Crippen LogP contribution is 2.47.